The molecular weight excluding hydrogens is 268 g/mol. The third-order valence-electron chi connectivity index (χ3n) is 2.46. The SMILES string of the molecule is OCc1coc(-c2ccc(-c3nc(CO)co3)s2)n1. The number of aromatic nitrogens is 2. The molecule has 0 spiro atoms. The molecule has 0 aliphatic rings. The molecule has 0 amide bonds. The molecule has 2 N–H and O–H groups in total. The van der Waals surface area contributed by atoms with Crippen LogP contribution in [-0.2, 0) is 13.2 Å². The van der Waals surface area contributed by atoms with Crippen LogP contribution in [0.15, 0.2) is 33.5 Å². The van der Waals surface area contributed by atoms with E-state index in [4.69, 9.17) is 19.0 Å². The molecule has 0 saturated carbocycles. The van der Waals surface area contributed by atoms with Crippen molar-refractivity contribution in [2.75, 3.05) is 0 Å². The zero-order chi connectivity index (χ0) is 13.2. The van der Waals surface area contributed by atoms with Crippen LogP contribution in [0.1, 0.15) is 11.4 Å². The molecule has 0 aliphatic heterocycles. The molecule has 3 heterocycles. The van der Waals surface area contributed by atoms with Crippen LogP contribution in [0.3, 0.4) is 0 Å². The Kier molecular flexibility index (Phi) is 3.16. The molecule has 0 unspecified atom stereocenters. The predicted octanol–water partition coefficient (Wildman–Crippen LogP) is 2.04. The van der Waals surface area contributed by atoms with Crippen LogP contribution in [0.4, 0.5) is 0 Å². The Hall–Kier alpha value is -1.96. The highest BCUT2D eigenvalue weighted by Gasteiger charge is 2.13. The quantitative estimate of drug-likeness (QED) is 0.758. The summed E-state index contributed by atoms with van der Waals surface area (Å²) in [6.07, 6.45) is 2.84. The number of aliphatic hydroxyl groups excluding tert-OH is 2. The zero-order valence-electron chi connectivity index (χ0n) is 9.74. The molecule has 0 fully saturated rings. The van der Waals surface area contributed by atoms with E-state index < -0.39 is 0 Å². The number of aliphatic hydroxyl groups is 2. The number of hydrogen-bond acceptors (Lipinski definition) is 7. The van der Waals surface area contributed by atoms with Crippen molar-refractivity contribution in [3.05, 3.63) is 36.0 Å². The lowest BCUT2D eigenvalue weighted by molar-refractivity contribution is 0.276. The Bertz CT molecular complexity index is 629. The Labute approximate surface area is 112 Å². The van der Waals surface area contributed by atoms with Crippen LogP contribution in [-0.4, -0.2) is 20.2 Å². The lowest BCUT2D eigenvalue weighted by Crippen LogP contribution is -1.81. The Morgan fingerprint density at radius 1 is 0.895 bits per heavy atom. The van der Waals surface area contributed by atoms with E-state index in [2.05, 4.69) is 9.97 Å². The summed E-state index contributed by atoms with van der Waals surface area (Å²) in [6, 6.07) is 3.69. The van der Waals surface area contributed by atoms with Crippen molar-refractivity contribution in [1.29, 1.82) is 0 Å². The second-order valence-corrected chi connectivity index (χ2v) is 4.85. The summed E-state index contributed by atoms with van der Waals surface area (Å²) in [5.74, 6) is 0.906. The summed E-state index contributed by atoms with van der Waals surface area (Å²) < 4.78 is 10.5. The van der Waals surface area contributed by atoms with Crippen molar-refractivity contribution >= 4 is 11.3 Å². The molecule has 0 saturated heterocycles. The molecular formula is C12H10N2O4S. The Morgan fingerprint density at radius 3 is 1.74 bits per heavy atom. The molecule has 7 heteroatoms. The van der Waals surface area contributed by atoms with Gasteiger partial charge in [0.1, 0.15) is 23.9 Å². The molecule has 0 bridgehead atoms. The number of thiophene rings is 1. The minimum Gasteiger partial charge on any atom is -0.443 e. The average Bonchev–Trinajstić information content (AvgIpc) is 3.16. The molecule has 3 aromatic heterocycles. The van der Waals surface area contributed by atoms with Crippen molar-refractivity contribution in [2.24, 2.45) is 0 Å². The molecule has 0 radical (unpaired) electrons. The van der Waals surface area contributed by atoms with E-state index in [1.807, 2.05) is 12.1 Å². The number of hydrogen-bond donors (Lipinski definition) is 2. The van der Waals surface area contributed by atoms with Crippen LogP contribution in [0, 0.1) is 0 Å². The van der Waals surface area contributed by atoms with Gasteiger partial charge in [-0.3, -0.25) is 0 Å². The molecule has 6 nitrogen and oxygen atoms in total. The van der Waals surface area contributed by atoms with Crippen LogP contribution in [0.2, 0.25) is 0 Å². The number of nitrogens with zero attached hydrogens (tertiary/aromatic N) is 2. The Morgan fingerprint density at radius 2 is 1.37 bits per heavy atom. The minimum absolute atomic E-state index is 0.151. The standard InChI is InChI=1S/C12H10N2O4S/c15-3-7-5-17-11(13-7)9-1-2-10(19-9)12-14-8(4-16)6-18-12/h1-2,5-6,15-16H,3-4H2. The van der Waals surface area contributed by atoms with Gasteiger partial charge in [-0.2, -0.15) is 0 Å². The van der Waals surface area contributed by atoms with Gasteiger partial charge in [-0.1, -0.05) is 0 Å². The summed E-state index contributed by atoms with van der Waals surface area (Å²) in [5, 5.41) is 17.9. The summed E-state index contributed by atoms with van der Waals surface area (Å²) in [7, 11) is 0. The smallest absolute Gasteiger partial charge is 0.236 e. The highest BCUT2D eigenvalue weighted by atomic mass is 32.1. The van der Waals surface area contributed by atoms with E-state index in [0.717, 1.165) is 9.75 Å². The number of oxazole rings is 2. The van der Waals surface area contributed by atoms with Crippen molar-refractivity contribution in [1.82, 2.24) is 9.97 Å². The van der Waals surface area contributed by atoms with Gasteiger partial charge in [-0.25, -0.2) is 9.97 Å². The largest absolute Gasteiger partial charge is 0.443 e. The predicted molar refractivity (Wildman–Crippen MR) is 67.2 cm³/mol. The zero-order valence-corrected chi connectivity index (χ0v) is 10.6. The van der Waals surface area contributed by atoms with Crippen LogP contribution in [0.5, 0.6) is 0 Å². The summed E-state index contributed by atoms with van der Waals surface area (Å²) in [4.78, 5) is 9.90. The molecule has 0 atom stereocenters. The first-order valence-corrected chi connectivity index (χ1v) is 6.33. The maximum absolute atomic E-state index is 8.94. The van der Waals surface area contributed by atoms with Crippen molar-refractivity contribution < 1.29 is 19.0 Å². The van der Waals surface area contributed by atoms with E-state index in [-0.39, 0.29) is 13.2 Å². The fourth-order valence-corrected chi connectivity index (χ4v) is 2.42. The molecule has 3 rings (SSSR count). The highest BCUT2D eigenvalue weighted by Crippen LogP contribution is 2.33. The van der Waals surface area contributed by atoms with Gasteiger partial charge >= 0.3 is 0 Å². The third-order valence-corrected chi connectivity index (χ3v) is 3.52. The third kappa shape index (κ3) is 2.30. The van der Waals surface area contributed by atoms with Gasteiger partial charge in [0.2, 0.25) is 11.8 Å². The summed E-state index contributed by atoms with van der Waals surface area (Å²) in [5.41, 5.74) is 0.979. The van der Waals surface area contributed by atoms with Crippen molar-refractivity contribution in [2.45, 2.75) is 13.2 Å². The van der Waals surface area contributed by atoms with Gasteiger partial charge in [-0.05, 0) is 12.1 Å². The highest BCUT2D eigenvalue weighted by molar-refractivity contribution is 7.18. The normalized spacial score (nSPS) is 11.1. The molecule has 0 aliphatic carbocycles. The van der Waals surface area contributed by atoms with Crippen molar-refractivity contribution in [3.63, 3.8) is 0 Å². The van der Waals surface area contributed by atoms with Gasteiger partial charge in [0.15, 0.2) is 0 Å². The Balaban J connectivity index is 1.90. The van der Waals surface area contributed by atoms with Gasteiger partial charge in [0, 0.05) is 0 Å². The number of rotatable bonds is 4. The fraction of sp³-hybridized carbons (Fsp3) is 0.167. The fourth-order valence-electron chi connectivity index (χ4n) is 1.55. The molecule has 0 aromatic carbocycles. The van der Waals surface area contributed by atoms with Gasteiger partial charge in [0.05, 0.1) is 23.0 Å². The first-order valence-electron chi connectivity index (χ1n) is 5.51. The van der Waals surface area contributed by atoms with E-state index in [0.29, 0.717) is 23.2 Å². The molecule has 98 valence electrons. The van der Waals surface area contributed by atoms with E-state index in [1.165, 1.54) is 23.9 Å². The topological polar surface area (TPSA) is 92.5 Å². The van der Waals surface area contributed by atoms with Gasteiger partial charge in [-0.15, -0.1) is 11.3 Å². The molecule has 19 heavy (non-hydrogen) atoms. The van der Waals surface area contributed by atoms with Gasteiger partial charge < -0.3 is 19.0 Å². The van der Waals surface area contributed by atoms with Crippen LogP contribution >= 0.6 is 11.3 Å². The summed E-state index contributed by atoms with van der Waals surface area (Å²) in [6.45, 7) is -0.303. The first kappa shape index (κ1) is 12.1. The van der Waals surface area contributed by atoms with Crippen LogP contribution in [0.25, 0.3) is 21.5 Å². The maximum Gasteiger partial charge on any atom is 0.236 e. The minimum atomic E-state index is -0.151. The lowest BCUT2D eigenvalue weighted by atomic mass is 10.4. The van der Waals surface area contributed by atoms with Crippen LogP contribution < -0.4 is 0 Å². The second kappa shape index (κ2) is 4.96. The lowest BCUT2D eigenvalue weighted by Gasteiger charge is -1.88. The van der Waals surface area contributed by atoms with E-state index in [9.17, 15) is 0 Å². The van der Waals surface area contributed by atoms with E-state index in [1.54, 1.807) is 0 Å². The average molecular weight is 278 g/mol. The first-order chi connectivity index (χ1) is 9.30. The van der Waals surface area contributed by atoms with E-state index >= 15 is 0 Å². The molecule has 3 aromatic rings. The maximum atomic E-state index is 8.94. The van der Waals surface area contributed by atoms with Gasteiger partial charge in [0.25, 0.3) is 0 Å². The monoisotopic (exact) mass is 278 g/mol. The van der Waals surface area contributed by atoms with Crippen molar-refractivity contribution in [3.8, 4) is 21.5 Å². The second-order valence-electron chi connectivity index (χ2n) is 3.77. The summed E-state index contributed by atoms with van der Waals surface area (Å²) >= 11 is 1.41.